The fourth-order valence-corrected chi connectivity index (χ4v) is 2.09. The molecule has 3 aromatic rings. The maximum Gasteiger partial charge on any atom is 0.263 e. The molecule has 21 heavy (non-hydrogen) atoms. The van der Waals surface area contributed by atoms with E-state index in [1.54, 1.807) is 6.20 Å². The van der Waals surface area contributed by atoms with Crippen LogP contribution in [0.5, 0.6) is 0 Å². The van der Waals surface area contributed by atoms with Gasteiger partial charge in [0.2, 0.25) is 11.1 Å². The molecule has 1 N–H and O–H groups in total. The Kier molecular flexibility index (Phi) is 4.05. The van der Waals surface area contributed by atoms with Crippen molar-refractivity contribution in [2.45, 2.75) is 23.7 Å². The van der Waals surface area contributed by atoms with Crippen LogP contribution in [0.4, 0.5) is 5.95 Å². The van der Waals surface area contributed by atoms with E-state index in [0.29, 0.717) is 22.3 Å². The summed E-state index contributed by atoms with van der Waals surface area (Å²) in [6.07, 6.45) is 6.98. The van der Waals surface area contributed by atoms with E-state index in [4.69, 9.17) is 4.42 Å². The summed E-state index contributed by atoms with van der Waals surface area (Å²) in [5.74, 6) is 0.863. The molecule has 0 saturated carbocycles. The molecule has 3 aromatic heterocycles. The van der Waals surface area contributed by atoms with Crippen molar-refractivity contribution in [2.24, 2.45) is 0 Å². The summed E-state index contributed by atoms with van der Waals surface area (Å²) in [5.41, 5.74) is 0. The van der Waals surface area contributed by atoms with Crippen molar-refractivity contribution in [1.29, 1.82) is 0 Å². The summed E-state index contributed by atoms with van der Waals surface area (Å²) in [6, 6.07) is 0. The largest absolute Gasteiger partial charge is 0.440 e. The second kappa shape index (κ2) is 6.31. The van der Waals surface area contributed by atoms with Crippen LogP contribution in [-0.2, 0) is 0 Å². The Morgan fingerprint density at radius 3 is 3.00 bits per heavy atom. The second-order valence-electron chi connectivity index (χ2n) is 3.91. The van der Waals surface area contributed by atoms with Gasteiger partial charge in [-0.2, -0.15) is 24.7 Å². The Hall–Kier alpha value is -2.49. The number of nitrogens with zero attached hydrogens (tertiary/aromatic N) is 7. The zero-order valence-corrected chi connectivity index (χ0v) is 12.0. The highest BCUT2D eigenvalue weighted by molar-refractivity contribution is 7.98. The van der Waals surface area contributed by atoms with E-state index < -0.39 is 0 Å². The van der Waals surface area contributed by atoms with Crippen molar-refractivity contribution in [3.8, 4) is 5.95 Å². The van der Waals surface area contributed by atoms with Gasteiger partial charge in [0.15, 0.2) is 0 Å². The van der Waals surface area contributed by atoms with Crippen molar-refractivity contribution in [1.82, 2.24) is 34.7 Å². The number of rotatable bonds is 6. The van der Waals surface area contributed by atoms with Crippen LogP contribution in [-0.4, -0.2) is 41.2 Å². The number of nitrogens with one attached hydrogen (secondary N) is 1. The van der Waals surface area contributed by atoms with E-state index in [1.165, 1.54) is 35.4 Å². The molecule has 0 amide bonds. The van der Waals surface area contributed by atoms with E-state index in [2.05, 4.69) is 42.3 Å². The van der Waals surface area contributed by atoms with Crippen LogP contribution in [0.1, 0.15) is 13.3 Å². The minimum atomic E-state index is 0.384. The lowest BCUT2D eigenvalue weighted by Crippen LogP contribution is -2.10. The first-order chi connectivity index (χ1) is 10.3. The highest BCUT2D eigenvalue weighted by Gasteiger charge is 2.11. The van der Waals surface area contributed by atoms with Crippen LogP contribution in [0.15, 0.2) is 39.9 Å². The SMILES string of the molecule is CCCNc1nc(Sc2ncco2)nc(-n2cncn2)n1. The molecule has 0 aliphatic carbocycles. The molecule has 0 aliphatic heterocycles. The van der Waals surface area contributed by atoms with Crippen LogP contribution < -0.4 is 5.32 Å². The van der Waals surface area contributed by atoms with Gasteiger partial charge in [-0.3, -0.25) is 0 Å². The van der Waals surface area contributed by atoms with Crippen LogP contribution in [0, 0.1) is 0 Å². The molecule has 0 unspecified atom stereocenters. The van der Waals surface area contributed by atoms with Gasteiger partial charge in [0, 0.05) is 18.3 Å². The van der Waals surface area contributed by atoms with Gasteiger partial charge >= 0.3 is 0 Å². The zero-order valence-electron chi connectivity index (χ0n) is 11.2. The Morgan fingerprint density at radius 1 is 1.33 bits per heavy atom. The summed E-state index contributed by atoms with van der Waals surface area (Å²) >= 11 is 1.21. The standard InChI is InChI=1S/C11H12N8OS/c1-2-3-13-8-16-9(19-7-12-6-15-19)18-10(17-8)21-11-14-4-5-20-11/h4-7H,2-3H2,1H3,(H,13,16,17,18). The molecule has 3 rings (SSSR count). The van der Waals surface area contributed by atoms with Gasteiger partial charge in [0.25, 0.3) is 11.2 Å². The lowest BCUT2D eigenvalue weighted by atomic mass is 10.5. The lowest BCUT2D eigenvalue weighted by Gasteiger charge is -2.06. The molecule has 0 saturated heterocycles. The molecule has 0 bridgehead atoms. The van der Waals surface area contributed by atoms with Crippen molar-refractivity contribution >= 4 is 17.7 Å². The third-order valence-corrected chi connectivity index (χ3v) is 3.09. The average molecular weight is 304 g/mol. The predicted molar refractivity (Wildman–Crippen MR) is 74.2 cm³/mol. The van der Waals surface area contributed by atoms with E-state index >= 15 is 0 Å². The van der Waals surface area contributed by atoms with Crippen molar-refractivity contribution in [3.05, 3.63) is 25.1 Å². The van der Waals surface area contributed by atoms with E-state index in [0.717, 1.165) is 13.0 Å². The molecule has 108 valence electrons. The molecule has 0 spiro atoms. The number of hydrogen-bond donors (Lipinski definition) is 1. The topological polar surface area (TPSA) is 107 Å². The third-order valence-electron chi connectivity index (χ3n) is 2.35. The van der Waals surface area contributed by atoms with Gasteiger partial charge in [0.1, 0.15) is 18.9 Å². The van der Waals surface area contributed by atoms with Gasteiger partial charge in [-0.15, -0.1) is 0 Å². The van der Waals surface area contributed by atoms with Gasteiger partial charge in [-0.25, -0.2) is 9.97 Å². The molecule has 9 nitrogen and oxygen atoms in total. The van der Waals surface area contributed by atoms with Crippen LogP contribution >= 0.6 is 11.8 Å². The number of oxazole rings is 1. The number of hydrogen-bond acceptors (Lipinski definition) is 9. The van der Waals surface area contributed by atoms with Gasteiger partial charge in [0.05, 0.1) is 6.20 Å². The van der Waals surface area contributed by atoms with Gasteiger partial charge in [-0.1, -0.05) is 6.92 Å². The molecule has 10 heteroatoms. The summed E-state index contributed by atoms with van der Waals surface area (Å²) in [7, 11) is 0. The molecule has 0 radical (unpaired) electrons. The van der Waals surface area contributed by atoms with Crippen LogP contribution in [0.2, 0.25) is 0 Å². The highest BCUT2D eigenvalue weighted by atomic mass is 32.2. The second-order valence-corrected chi connectivity index (χ2v) is 4.83. The normalized spacial score (nSPS) is 10.7. The van der Waals surface area contributed by atoms with Crippen molar-refractivity contribution in [3.63, 3.8) is 0 Å². The fourth-order valence-electron chi connectivity index (χ4n) is 1.46. The average Bonchev–Trinajstić information content (AvgIpc) is 3.18. The smallest absolute Gasteiger partial charge is 0.263 e. The van der Waals surface area contributed by atoms with Crippen LogP contribution in [0.3, 0.4) is 0 Å². The number of anilines is 1. The quantitative estimate of drug-likeness (QED) is 0.723. The van der Waals surface area contributed by atoms with Crippen molar-refractivity contribution in [2.75, 3.05) is 11.9 Å². The molecular formula is C11H12N8OS. The summed E-state index contributed by atoms with van der Waals surface area (Å²) < 4.78 is 6.66. The molecule has 0 atom stereocenters. The Labute approximate surface area is 124 Å². The lowest BCUT2D eigenvalue weighted by molar-refractivity contribution is 0.453. The number of aromatic nitrogens is 7. The summed E-state index contributed by atoms with van der Waals surface area (Å²) in [4.78, 5) is 20.9. The van der Waals surface area contributed by atoms with E-state index in [1.807, 2.05) is 0 Å². The highest BCUT2D eigenvalue weighted by Crippen LogP contribution is 2.23. The third kappa shape index (κ3) is 3.34. The predicted octanol–water partition coefficient (Wildman–Crippen LogP) is 1.41. The Balaban J connectivity index is 1.92. The minimum Gasteiger partial charge on any atom is -0.440 e. The summed E-state index contributed by atoms with van der Waals surface area (Å²) in [6.45, 7) is 2.83. The first-order valence-electron chi connectivity index (χ1n) is 6.27. The molecule has 0 aliphatic rings. The zero-order chi connectivity index (χ0) is 14.5. The fraction of sp³-hybridized carbons (Fsp3) is 0.273. The molecule has 3 heterocycles. The maximum atomic E-state index is 5.19. The van der Waals surface area contributed by atoms with Crippen LogP contribution in [0.25, 0.3) is 5.95 Å². The van der Waals surface area contributed by atoms with Crippen molar-refractivity contribution < 1.29 is 4.42 Å². The maximum absolute atomic E-state index is 5.19. The Morgan fingerprint density at radius 2 is 2.29 bits per heavy atom. The van der Waals surface area contributed by atoms with Gasteiger partial charge in [-0.05, 0) is 6.42 Å². The molecule has 0 aromatic carbocycles. The molecule has 0 fully saturated rings. The van der Waals surface area contributed by atoms with Gasteiger partial charge < -0.3 is 9.73 Å². The van der Waals surface area contributed by atoms with E-state index in [-0.39, 0.29) is 0 Å². The Bertz CT molecular complexity index is 684. The monoisotopic (exact) mass is 304 g/mol. The first kappa shape index (κ1) is 13.5. The minimum absolute atomic E-state index is 0.384. The van der Waals surface area contributed by atoms with E-state index in [9.17, 15) is 0 Å². The first-order valence-corrected chi connectivity index (χ1v) is 7.09. The summed E-state index contributed by atoms with van der Waals surface area (Å²) in [5, 5.41) is 8.09. The molecular weight excluding hydrogens is 292 g/mol.